The summed E-state index contributed by atoms with van der Waals surface area (Å²) in [7, 11) is -3.70. The molecular formula is C18H20N2O3S. The highest BCUT2D eigenvalue weighted by molar-refractivity contribution is 7.89. The van der Waals surface area contributed by atoms with Gasteiger partial charge in [-0.05, 0) is 44.5 Å². The van der Waals surface area contributed by atoms with Crippen LogP contribution in [0.2, 0.25) is 0 Å². The van der Waals surface area contributed by atoms with E-state index in [0.717, 1.165) is 16.8 Å². The van der Waals surface area contributed by atoms with E-state index in [1.165, 1.54) is 0 Å². The summed E-state index contributed by atoms with van der Waals surface area (Å²) in [4.78, 5) is 14.4. The van der Waals surface area contributed by atoms with Crippen molar-refractivity contribution in [3.8, 4) is 0 Å². The van der Waals surface area contributed by atoms with Gasteiger partial charge in [-0.15, -0.1) is 0 Å². The van der Waals surface area contributed by atoms with Crippen LogP contribution in [0.4, 0.5) is 5.69 Å². The number of amides is 1. The molecule has 5 nitrogen and oxygen atoms in total. The number of benzene rings is 2. The van der Waals surface area contributed by atoms with Crippen LogP contribution in [0.3, 0.4) is 0 Å². The monoisotopic (exact) mass is 344 g/mol. The first kappa shape index (κ1) is 16.7. The minimum absolute atomic E-state index is 0.176. The van der Waals surface area contributed by atoms with Crippen molar-refractivity contribution in [2.75, 3.05) is 11.4 Å². The van der Waals surface area contributed by atoms with Crippen LogP contribution in [0, 0.1) is 13.8 Å². The number of carbonyl (C=O) groups is 1. The maximum atomic E-state index is 12.6. The van der Waals surface area contributed by atoms with E-state index in [2.05, 4.69) is 4.72 Å². The predicted octanol–water partition coefficient (Wildman–Crippen LogP) is 2.39. The molecule has 1 N–H and O–H groups in total. The fourth-order valence-corrected chi connectivity index (χ4v) is 3.97. The zero-order valence-electron chi connectivity index (χ0n) is 13.7. The molecule has 1 saturated heterocycles. The van der Waals surface area contributed by atoms with Gasteiger partial charge >= 0.3 is 0 Å². The van der Waals surface area contributed by atoms with E-state index in [0.29, 0.717) is 13.0 Å². The van der Waals surface area contributed by atoms with Gasteiger partial charge in [-0.25, -0.2) is 8.42 Å². The molecule has 0 radical (unpaired) electrons. The highest BCUT2D eigenvalue weighted by Gasteiger charge is 2.35. The summed E-state index contributed by atoms with van der Waals surface area (Å²) in [6, 6.07) is 13.5. The van der Waals surface area contributed by atoms with Crippen molar-refractivity contribution in [3.05, 3.63) is 59.7 Å². The van der Waals surface area contributed by atoms with Crippen LogP contribution >= 0.6 is 0 Å². The summed E-state index contributed by atoms with van der Waals surface area (Å²) in [5.41, 5.74) is 2.89. The van der Waals surface area contributed by atoms with Crippen molar-refractivity contribution in [2.24, 2.45) is 0 Å². The van der Waals surface area contributed by atoms with Crippen LogP contribution in [-0.2, 0) is 14.8 Å². The van der Waals surface area contributed by atoms with E-state index in [4.69, 9.17) is 0 Å². The Bertz CT molecular complexity index is 843. The fourth-order valence-electron chi connectivity index (χ4n) is 2.74. The molecule has 1 aliphatic rings. The molecule has 6 heteroatoms. The number of hydrogen-bond acceptors (Lipinski definition) is 3. The van der Waals surface area contributed by atoms with E-state index < -0.39 is 16.1 Å². The van der Waals surface area contributed by atoms with Gasteiger partial charge in [0.2, 0.25) is 15.9 Å². The molecule has 126 valence electrons. The molecule has 1 aliphatic heterocycles. The Morgan fingerprint density at radius 1 is 0.958 bits per heavy atom. The van der Waals surface area contributed by atoms with Crippen molar-refractivity contribution in [3.63, 3.8) is 0 Å². The fraction of sp³-hybridized carbons (Fsp3) is 0.278. The van der Waals surface area contributed by atoms with E-state index >= 15 is 0 Å². The molecule has 2 aromatic carbocycles. The Hall–Kier alpha value is -2.18. The largest absolute Gasteiger partial charge is 0.311 e. The third kappa shape index (κ3) is 3.34. The summed E-state index contributed by atoms with van der Waals surface area (Å²) in [5, 5.41) is 0. The molecule has 1 heterocycles. The number of nitrogens with zero attached hydrogens (tertiary/aromatic N) is 1. The van der Waals surface area contributed by atoms with Gasteiger partial charge in [0.25, 0.3) is 0 Å². The average molecular weight is 344 g/mol. The number of anilines is 1. The highest BCUT2D eigenvalue weighted by atomic mass is 32.2. The van der Waals surface area contributed by atoms with Crippen LogP contribution in [0.5, 0.6) is 0 Å². The summed E-state index contributed by atoms with van der Waals surface area (Å²) < 4.78 is 27.4. The first-order valence-electron chi connectivity index (χ1n) is 7.84. The number of hydrogen-bond donors (Lipinski definition) is 1. The SMILES string of the molecule is Cc1ccc(N2CC[C@@H](NS(=O)(=O)c3ccc(C)cc3)C2=O)cc1. The van der Waals surface area contributed by atoms with E-state index in [-0.39, 0.29) is 10.8 Å². The second-order valence-electron chi connectivity index (χ2n) is 6.10. The van der Waals surface area contributed by atoms with Gasteiger partial charge in [0.15, 0.2) is 0 Å². The molecule has 0 unspecified atom stereocenters. The number of rotatable bonds is 4. The molecule has 1 fully saturated rings. The predicted molar refractivity (Wildman–Crippen MR) is 93.4 cm³/mol. The Kier molecular flexibility index (Phi) is 4.43. The van der Waals surface area contributed by atoms with Crippen molar-refractivity contribution in [1.29, 1.82) is 0 Å². The summed E-state index contributed by atoms with van der Waals surface area (Å²) >= 11 is 0. The lowest BCUT2D eigenvalue weighted by Gasteiger charge is -2.17. The van der Waals surface area contributed by atoms with E-state index in [1.54, 1.807) is 29.2 Å². The molecule has 0 spiro atoms. The number of nitrogens with one attached hydrogen (secondary N) is 1. The first-order chi connectivity index (χ1) is 11.4. The maximum Gasteiger partial charge on any atom is 0.245 e. The zero-order valence-corrected chi connectivity index (χ0v) is 14.5. The third-order valence-electron chi connectivity index (χ3n) is 4.18. The van der Waals surface area contributed by atoms with Crippen LogP contribution in [0.15, 0.2) is 53.4 Å². The maximum absolute atomic E-state index is 12.6. The van der Waals surface area contributed by atoms with Gasteiger partial charge in [0, 0.05) is 12.2 Å². The Morgan fingerprint density at radius 3 is 2.08 bits per heavy atom. The molecule has 24 heavy (non-hydrogen) atoms. The summed E-state index contributed by atoms with van der Waals surface area (Å²) in [6.07, 6.45) is 0.456. The molecule has 2 aromatic rings. The van der Waals surface area contributed by atoms with Crippen LogP contribution in [0.1, 0.15) is 17.5 Å². The number of aryl methyl sites for hydroxylation is 2. The Labute approximate surface area is 142 Å². The van der Waals surface area contributed by atoms with E-state index in [1.807, 2.05) is 38.1 Å². The normalized spacial score (nSPS) is 18.2. The van der Waals surface area contributed by atoms with Gasteiger partial charge in [-0.1, -0.05) is 35.4 Å². The molecule has 1 atom stereocenters. The first-order valence-corrected chi connectivity index (χ1v) is 9.32. The van der Waals surface area contributed by atoms with E-state index in [9.17, 15) is 13.2 Å². The van der Waals surface area contributed by atoms with Gasteiger partial charge in [0.05, 0.1) is 4.90 Å². The molecule has 0 aromatic heterocycles. The summed E-state index contributed by atoms with van der Waals surface area (Å²) in [6.45, 7) is 4.38. The Balaban J connectivity index is 1.76. The molecule has 0 saturated carbocycles. The van der Waals surface area contributed by atoms with Crippen LogP contribution in [-0.4, -0.2) is 26.9 Å². The number of sulfonamides is 1. The molecule has 1 amide bonds. The summed E-state index contributed by atoms with van der Waals surface area (Å²) in [5.74, 6) is -0.213. The highest BCUT2D eigenvalue weighted by Crippen LogP contribution is 2.23. The standard InChI is InChI=1S/C18H20N2O3S/c1-13-3-7-15(8-4-13)20-12-11-17(18(20)21)19-24(22,23)16-9-5-14(2)6-10-16/h3-10,17,19H,11-12H2,1-2H3/t17-/m1/s1. The van der Waals surface area contributed by atoms with Crippen molar-refractivity contribution < 1.29 is 13.2 Å². The molecule has 3 rings (SSSR count). The smallest absolute Gasteiger partial charge is 0.245 e. The average Bonchev–Trinajstić information content (AvgIpc) is 2.89. The van der Waals surface area contributed by atoms with Gasteiger partial charge in [-0.3, -0.25) is 4.79 Å². The second-order valence-corrected chi connectivity index (χ2v) is 7.82. The third-order valence-corrected chi connectivity index (χ3v) is 5.67. The molecular weight excluding hydrogens is 324 g/mol. The molecule has 0 aliphatic carbocycles. The minimum Gasteiger partial charge on any atom is -0.311 e. The topological polar surface area (TPSA) is 66.5 Å². The van der Waals surface area contributed by atoms with Crippen molar-refractivity contribution in [1.82, 2.24) is 4.72 Å². The zero-order chi connectivity index (χ0) is 17.3. The quantitative estimate of drug-likeness (QED) is 0.926. The van der Waals surface area contributed by atoms with Gasteiger partial charge < -0.3 is 4.90 Å². The lowest BCUT2D eigenvalue weighted by molar-refractivity contribution is -0.118. The minimum atomic E-state index is -3.70. The van der Waals surface area contributed by atoms with Crippen molar-refractivity contribution >= 4 is 21.6 Å². The molecule has 0 bridgehead atoms. The van der Waals surface area contributed by atoms with Crippen LogP contribution < -0.4 is 9.62 Å². The van der Waals surface area contributed by atoms with Crippen LogP contribution in [0.25, 0.3) is 0 Å². The van der Waals surface area contributed by atoms with Gasteiger partial charge in [-0.2, -0.15) is 4.72 Å². The second kappa shape index (κ2) is 6.37. The lowest BCUT2D eigenvalue weighted by Crippen LogP contribution is -2.41. The number of carbonyl (C=O) groups excluding carboxylic acids is 1. The Morgan fingerprint density at radius 2 is 1.50 bits per heavy atom. The van der Waals surface area contributed by atoms with Crippen molar-refractivity contribution in [2.45, 2.75) is 31.2 Å². The van der Waals surface area contributed by atoms with Gasteiger partial charge in [0.1, 0.15) is 6.04 Å². The lowest BCUT2D eigenvalue weighted by atomic mass is 10.2.